The average Bonchev–Trinajstić information content (AvgIpc) is 2.98. The maximum Gasteiger partial charge on any atom is 0.295 e. The third kappa shape index (κ3) is 4.64. The van der Waals surface area contributed by atoms with E-state index in [2.05, 4.69) is 0 Å². The molecule has 1 saturated heterocycles. The minimum atomic E-state index is -0.729. The Balaban J connectivity index is 2.16. The molecule has 6 heteroatoms. The molecule has 0 spiro atoms. The molecule has 1 heterocycles. The van der Waals surface area contributed by atoms with E-state index in [4.69, 9.17) is 9.47 Å². The van der Waals surface area contributed by atoms with Crippen LogP contribution in [0.2, 0.25) is 0 Å². The molecule has 2 aromatic rings. The molecule has 0 bridgehead atoms. The smallest absolute Gasteiger partial charge is 0.295 e. The number of ketones is 1. The Morgan fingerprint density at radius 3 is 2.48 bits per heavy atom. The molecule has 1 aliphatic heterocycles. The minimum absolute atomic E-state index is 0.0226. The van der Waals surface area contributed by atoms with Crippen LogP contribution in [-0.4, -0.2) is 48.1 Å². The molecule has 1 aliphatic rings. The van der Waals surface area contributed by atoms with Gasteiger partial charge in [0, 0.05) is 19.2 Å². The highest BCUT2D eigenvalue weighted by Crippen LogP contribution is 2.40. The van der Waals surface area contributed by atoms with Gasteiger partial charge in [-0.3, -0.25) is 9.59 Å². The number of benzene rings is 2. The van der Waals surface area contributed by atoms with E-state index in [9.17, 15) is 14.7 Å². The van der Waals surface area contributed by atoms with Gasteiger partial charge in [0.1, 0.15) is 11.5 Å². The van der Waals surface area contributed by atoms with Crippen molar-refractivity contribution in [2.75, 3.05) is 20.3 Å². The standard InChI is InChI=1S/C25H29NO5/c1-15(2)31-20-8-6-7-18(14-20)22-21(24(28)25(29)26(22)11-12-30-5)23(27)19-10-9-16(3)17(4)13-19/h6-10,13-15,22,27H,11-12H2,1-5H3/b23-21-. The lowest BCUT2D eigenvalue weighted by Crippen LogP contribution is -2.32. The predicted molar refractivity (Wildman–Crippen MR) is 119 cm³/mol. The van der Waals surface area contributed by atoms with Crippen LogP contribution in [0.15, 0.2) is 48.0 Å². The normalized spacial score (nSPS) is 18.1. The van der Waals surface area contributed by atoms with E-state index >= 15 is 0 Å². The fraction of sp³-hybridized carbons (Fsp3) is 0.360. The molecule has 0 radical (unpaired) electrons. The predicted octanol–water partition coefficient (Wildman–Crippen LogP) is 4.16. The number of likely N-dealkylation sites (tertiary alicyclic amines) is 1. The van der Waals surface area contributed by atoms with E-state index in [0.717, 1.165) is 11.1 Å². The largest absolute Gasteiger partial charge is 0.507 e. The number of rotatable bonds is 7. The van der Waals surface area contributed by atoms with Gasteiger partial charge in [0.05, 0.1) is 24.3 Å². The van der Waals surface area contributed by atoms with Gasteiger partial charge in [0.25, 0.3) is 11.7 Å². The molecule has 0 aromatic heterocycles. The summed E-state index contributed by atoms with van der Waals surface area (Å²) in [6.45, 7) is 8.27. The Morgan fingerprint density at radius 1 is 1.10 bits per heavy atom. The Hall–Kier alpha value is -3.12. The summed E-state index contributed by atoms with van der Waals surface area (Å²) >= 11 is 0. The van der Waals surface area contributed by atoms with Crippen molar-refractivity contribution in [3.05, 3.63) is 70.3 Å². The first-order valence-electron chi connectivity index (χ1n) is 10.4. The number of ether oxygens (including phenoxy) is 2. The van der Waals surface area contributed by atoms with E-state index in [1.165, 1.54) is 12.0 Å². The third-order valence-corrected chi connectivity index (χ3v) is 5.40. The van der Waals surface area contributed by atoms with Crippen LogP contribution in [0.4, 0.5) is 0 Å². The van der Waals surface area contributed by atoms with Crippen molar-refractivity contribution in [3.8, 4) is 5.75 Å². The van der Waals surface area contributed by atoms with Crippen LogP contribution in [0, 0.1) is 13.8 Å². The van der Waals surface area contributed by atoms with Gasteiger partial charge in [-0.05, 0) is 62.6 Å². The first-order valence-corrected chi connectivity index (χ1v) is 10.4. The molecular weight excluding hydrogens is 394 g/mol. The fourth-order valence-electron chi connectivity index (χ4n) is 3.72. The van der Waals surface area contributed by atoms with Crippen LogP contribution >= 0.6 is 0 Å². The van der Waals surface area contributed by atoms with E-state index in [1.807, 2.05) is 64.1 Å². The van der Waals surface area contributed by atoms with Gasteiger partial charge in [0.15, 0.2) is 0 Å². The molecule has 1 amide bonds. The second kappa shape index (κ2) is 9.35. The zero-order valence-electron chi connectivity index (χ0n) is 18.6. The van der Waals surface area contributed by atoms with Crippen LogP contribution in [0.5, 0.6) is 5.75 Å². The van der Waals surface area contributed by atoms with Crippen LogP contribution in [0.3, 0.4) is 0 Å². The van der Waals surface area contributed by atoms with Crippen molar-refractivity contribution in [2.24, 2.45) is 0 Å². The Bertz CT molecular complexity index is 1020. The third-order valence-electron chi connectivity index (χ3n) is 5.40. The molecule has 1 N–H and O–H groups in total. The van der Waals surface area contributed by atoms with Gasteiger partial charge in [-0.25, -0.2) is 0 Å². The zero-order chi connectivity index (χ0) is 22.7. The van der Waals surface area contributed by atoms with Gasteiger partial charge in [0.2, 0.25) is 0 Å². The SMILES string of the molecule is COCCN1C(=O)C(=O)/C(=C(\O)c2ccc(C)c(C)c2)C1c1cccc(OC(C)C)c1. The summed E-state index contributed by atoms with van der Waals surface area (Å²) in [6, 6.07) is 12.0. The number of methoxy groups -OCH3 is 1. The molecule has 0 aliphatic carbocycles. The Labute approximate surface area is 183 Å². The molecule has 31 heavy (non-hydrogen) atoms. The lowest BCUT2D eigenvalue weighted by Gasteiger charge is -2.25. The van der Waals surface area contributed by atoms with E-state index in [0.29, 0.717) is 16.9 Å². The van der Waals surface area contributed by atoms with Crippen molar-refractivity contribution in [2.45, 2.75) is 39.8 Å². The molecule has 1 fully saturated rings. The lowest BCUT2D eigenvalue weighted by molar-refractivity contribution is -0.140. The molecule has 6 nitrogen and oxygen atoms in total. The number of amides is 1. The van der Waals surface area contributed by atoms with E-state index in [1.54, 1.807) is 6.07 Å². The van der Waals surface area contributed by atoms with Crippen molar-refractivity contribution < 1.29 is 24.2 Å². The van der Waals surface area contributed by atoms with Gasteiger partial charge in [-0.15, -0.1) is 0 Å². The number of hydrogen-bond acceptors (Lipinski definition) is 5. The number of carbonyl (C=O) groups excluding carboxylic acids is 2. The van der Waals surface area contributed by atoms with Crippen LogP contribution < -0.4 is 4.74 Å². The fourth-order valence-corrected chi connectivity index (χ4v) is 3.72. The highest BCUT2D eigenvalue weighted by molar-refractivity contribution is 6.46. The number of Topliss-reactive ketones (excluding diaryl/α,β-unsaturated/α-hetero) is 1. The summed E-state index contributed by atoms with van der Waals surface area (Å²) in [7, 11) is 1.54. The molecule has 1 unspecified atom stereocenters. The number of aliphatic hydroxyl groups is 1. The topological polar surface area (TPSA) is 76.1 Å². The molecule has 164 valence electrons. The number of nitrogens with zero attached hydrogens (tertiary/aromatic N) is 1. The molecule has 3 rings (SSSR count). The number of hydrogen-bond donors (Lipinski definition) is 1. The van der Waals surface area contributed by atoms with Gasteiger partial charge >= 0.3 is 0 Å². The summed E-state index contributed by atoms with van der Waals surface area (Å²) in [5, 5.41) is 11.1. The second-order valence-electron chi connectivity index (χ2n) is 8.02. The quantitative estimate of drug-likeness (QED) is 0.411. The average molecular weight is 424 g/mol. The lowest BCUT2D eigenvalue weighted by atomic mass is 9.94. The summed E-state index contributed by atoms with van der Waals surface area (Å²) in [5.41, 5.74) is 3.34. The Morgan fingerprint density at radius 2 is 1.84 bits per heavy atom. The first kappa shape index (κ1) is 22.6. The molecule has 1 atom stereocenters. The summed E-state index contributed by atoms with van der Waals surface area (Å²) in [5.74, 6) is -0.896. The van der Waals surface area contributed by atoms with E-state index in [-0.39, 0.29) is 30.6 Å². The van der Waals surface area contributed by atoms with Crippen molar-refractivity contribution in [1.82, 2.24) is 4.90 Å². The van der Waals surface area contributed by atoms with Gasteiger partial charge < -0.3 is 19.5 Å². The highest BCUT2D eigenvalue weighted by Gasteiger charge is 2.46. The van der Waals surface area contributed by atoms with Crippen LogP contribution in [0.1, 0.15) is 42.1 Å². The van der Waals surface area contributed by atoms with Crippen molar-refractivity contribution in [3.63, 3.8) is 0 Å². The van der Waals surface area contributed by atoms with Crippen molar-refractivity contribution >= 4 is 17.4 Å². The highest BCUT2D eigenvalue weighted by atomic mass is 16.5. The number of aliphatic hydroxyl groups excluding tert-OH is 1. The summed E-state index contributed by atoms with van der Waals surface area (Å²) < 4.78 is 11.0. The van der Waals surface area contributed by atoms with Gasteiger partial charge in [-0.1, -0.05) is 24.3 Å². The number of carbonyl (C=O) groups is 2. The molecular formula is C25H29NO5. The summed E-state index contributed by atoms with van der Waals surface area (Å²) in [6.07, 6.45) is -0.0226. The maximum absolute atomic E-state index is 13.0. The Kier molecular flexibility index (Phi) is 6.81. The molecule has 0 saturated carbocycles. The van der Waals surface area contributed by atoms with Crippen molar-refractivity contribution in [1.29, 1.82) is 0 Å². The van der Waals surface area contributed by atoms with Crippen LogP contribution in [-0.2, 0) is 14.3 Å². The zero-order valence-corrected chi connectivity index (χ0v) is 18.6. The van der Waals surface area contributed by atoms with Crippen LogP contribution in [0.25, 0.3) is 5.76 Å². The van der Waals surface area contributed by atoms with Gasteiger partial charge in [-0.2, -0.15) is 0 Å². The number of aryl methyl sites for hydroxylation is 2. The molecule has 2 aromatic carbocycles. The summed E-state index contributed by atoms with van der Waals surface area (Å²) in [4.78, 5) is 27.3. The minimum Gasteiger partial charge on any atom is -0.507 e. The maximum atomic E-state index is 13.0. The second-order valence-corrected chi connectivity index (χ2v) is 8.02. The monoisotopic (exact) mass is 423 g/mol. The first-order chi connectivity index (χ1) is 14.7. The van der Waals surface area contributed by atoms with E-state index < -0.39 is 17.7 Å².